The summed E-state index contributed by atoms with van der Waals surface area (Å²) in [5.41, 5.74) is 2.69. The average Bonchev–Trinajstić information content (AvgIpc) is 3.50. The second-order valence-corrected chi connectivity index (χ2v) is 12.0. The molecule has 4 aliphatic rings. The van der Waals surface area contributed by atoms with Crippen LogP contribution in [0.4, 0.5) is 0 Å². The Labute approximate surface area is 231 Å². The molecular formula is C29H24BrNO6S. The number of hydrogen-bond donors (Lipinski definition) is 1. The number of phenols is 1. The number of allylic oxidation sites excluding steroid dienone is 6. The van der Waals surface area contributed by atoms with Crippen molar-refractivity contribution < 1.29 is 29.0 Å². The highest BCUT2D eigenvalue weighted by atomic mass is 79.9. The molecule has 2 aromatic rings. The highest BCUT2D eigenvalue weighted by Gasteiger charge is 2.56. The van der Waals surface area contributed by atoms with E-state index in [1.54, 1.807) is 19.1 Å². The lowest BCUT2D eigenvalue weighted by Crippen LogP contribution is -2.39. The third-order valence-corrected chi connectivity index (χ3v) is 9.62. The van der Waals surface area contributed by atoms with Crippen LogP contribution in [0.2, 0.25) is 0 Å². The number of halogens is 1. The summed E-state index contributed by atoms with van der Waals surface area (Å²) in [7, 11) is 1.44. The van der Waals surface area contributed by atoms with E-state index in [1.807, 2.05) is 23.6 Å². The number of imide groups is 1. The van der Waals surface area contributed by atoms with Crippen molar-refractivity contribution in [2.75, 3.05) is 7.11 Å². The van der Waals surface area contributed by atoms with E-state index >= 15 is 0 Å². The van der Waals surface area contributed by atoms with Crippen molar-refractivity contribution in [1.82, 2.24) is 4.90 Å². The van der Waals surface area contributed by atoms with Crippen LogP contribution < -0.4 is 4.74 Å². The van der Waals surface area contributed by atoms with Crippen LogP contribution >= 0.6 is 27.3 Å². The Bertz CT molecular complexity index is 1520. The fraction of sp³-hybridized carbons (Fsp3) is 0.310. The predicted molar refractivity (Wildman–Crippen MR) is 144 cm³/mol. The maximum atomic E-state index is 13.8. The van der Waals surface area contributed by atoms with E-state index < -0.39 is 23.7 Å². The van der Waals surface area contributed by atoms with E-state index in [1.165, 1.54) is 29.4 Å². The quantitative estimate of drug-likeness (QED) is 0.309. The van der Waals surface area contributed by atoms with Gasteiger partial charge in [-0.2, -0.15) is 0 Å². The Morgan fingerprint density at radius 3 is 2.66 bits per heavy atom. The molecule has 1 aromatic carbocycles. The van der Waals surface area contributed by atoms with Crippen molar-refractivity contribution in [3.63, 3.8) is 0 Å². The second-order valence-electron chi connectivity index (χ2n) is 10.1. The van der Waals surface area contributed by atoms with Gasteiger partial charge >= 0.3 is 0 Å². The van der Waals surface area contributed by atoms with Gasteiger partial charge in [-0.1, -0.05) is 17.7 Å². The number of hydrogen-bond acceptors (Lipinski definition) is 7. The van der Waals surface area contributed by atoms with Crippen molar-refractivity contribution in [2.24, 2.45) is 17.8 Å². The van der Waals surface area contributed by atoms with Gasteiger partial charge in [0.05, 0.1) is 30.0 Å². The predicted octanol–water partition coefficient (Wildman–Crippen LogP) is 4.85. The largest absolute Gasteiger partial charge is 0.503 e. The van der Waals surface area contributed by atoms with Crippen molar-refractivity contribution in [3.05, 3.63) is 79.0 Å². The number of nitrogens with zero attached hydrogens (tertiary/aromatic N) is 1. The number of ketones is 2. The summed E-state index contributed by atoms with van der Waals surface area (Å²) in [6.07, 6.45) is 3.97. The number of aromatic hydroxyl groups is 1. The number of likely N-dealkylation sites (tertiary alicyclic amines) is 1. The molecule has 3 aliphatic carbocycles. The molecule has 4 unspecified atom stereocenters. The number of carbonyl (C=O) groups is 4. The molecule has 6 rings (SSSR count). The van der Waals surface area contributed by atoms with Crippen LogP contribution in [0.15, 0.2) is 68.6 Å². The Morgan fingerprint density at radius 1 is 1.16 bits per heavy atom. The minimum atomic E-state index is -0.607. The number of thiophene rings is 1. The van der Waals surface area contributed by atoms with E-state index in [0.717, 1.165) is 10.5 Å². The smallest absolute Gasteiger partial charge is 0.234 e. The highest BCUT2D eigenvalue weighted by Crippen LogP contribution is 2.56. The van der Waals surface area contributed by atoms with Crippen LogP contribution in [0.3, 0.4) is 0 Å². The molecule has 2 amide bonds. The number of Topliss-reactive ketones (excluding diaryl/α,β-unsaturated/α-hetero) is 1. The molecular weight excluding hydrogens is 570 g/mol. The standard InChI is InChI=1S/C29H24BrNO6S/c1-13-8-21(32)19-11-18-16(23(25(19)26(13)33)14-9-20(30)27(34)22(10-14)37-2)5-6-17-24(18)29(36)31(28(17)35)12-15-4-3-7-38-15/h3-5,7-10,17-18,23-24,34H,6,11-12H2,1-2H3. The summed E-state index contributed by atoms with van der Waals surface area (Å²) in [5, 5.41) is 12.3. The minimum absolute atomic E-state index is 0.0709. The minimum Gasteiger partial charge on any atom is -0.503 e. The first-order valence-corrected chi connectivity index (χ1v) is 14.0. The molecule has 0 radical (unpaired) electrons. The maximum Gasteiger partial charge on any atom is 0.234 e. The van der Waals surface area contributed by atoms with Crippen molar-refractivity contribution in [3.8, 4) is 11.5 Å². The van der Waals surface area contributed by atoms with Gasteiger partial charge in [0.1, 0.15) is 0 Å². The molecule has 7 nitrogen and oxygen atoms in total. The van der Waals surface area contributed by atoms with Crippen molar-refractivity contribution in [1.29, 1.82) is 0 Å². The third-order valence-electron chi connectivity index (χ3n) is 8.15. The lowest BCUT2D eigenvalue weighted by atomic mass is 9.59. The van der Waals surface area contributed by atoms with Gasteiger partial charge < -0.3 is 9.84 Å². The van der Waals surface area contributed by atoms with Crippen LogP contribution in [-0.4, -0.2) is 40.5 Å². The summed E-state index contributed by atoms with van der Waals surface area (Å²) >= 11 is 4.88. The fourth-order valence-electron chi connectivity index (χ4n) is 6.44. The van der Waals surface area contributed by atoms with Gasteiger partial charge in [-0.25, -0.2) is 0 Å². The zero-order valence-electron chi connectivity index (χ0n) is 20.7. The molecule has 4 atom stereocenters. The van der Waals surface area contributed by atoms with Gasteiger partial charge in [0.15, 0.2) is 23.1 Å². The van der Waals surface area contributed by atoms with Crippen LogP contribution in [0.1, 0.15) is 36.1 Å². The Balaban J connectivity index is 1.48. The monoisotopic (exact) mass is 593 g/mol. The van der Waals surface area contributed by atoms with E-state index in [9.17, 15) is 24.3 Å². The van der Waals surface area contributed by atoms with Crippen LogP contribution in [0.25, 0.3) is 0 Å². The Hall–Kier alpha value is -3.30. The lowest BCUT2D eigenvalue weighted by molar-refractivity contribution is -0.140. The summed E-state index contributed by atoms with van der Waals surface area (Å²) in [6, 6.07) is 7.18. The zero-order valence-corrected chi connectivity index (χ0v) is 23.1. The van der Waals surface area contributed by atoms with Gasteiger partial charge in [0.25, 0.3) is 0 Å². The number of methoxy groups -OCH3 is 1. The van der Waals surface area contributed by atoms with E-state index in [4.69, 9.17) is 4.74 Å². The van der Waals surface area contributed by atoms with Gasteiger partial charge in [0, 0.05) is 27.5 Å². The summed E-state index contributed by atoms with van der Waals surface area (Å²) < 4.78 is 5.77. The van der Waals surface area contributed by atoms with E-state index in [2.05, 4.69) is 15.9 Å². The molecule has 1 N–H and O–H groups in total. The molecule has 9 heteroatoms. The number of rotatable bonds is 4. The number of phenolic OH excluding ortho intramolecular Hbond substituents is 1. The number of carbonyl (C=O) groups excluding carboxylic acids is 4. The molecule has 194 valence electrons. The molecule has 0 saturated carbocycles. The molecule has 0 spiro atoms. The van der Waals surface area contributed by atoms with E-state index in [-0.39, 0.29) is 47.8 Å². The number of amides is 2. The van der Waals surface area contributed by atoms with Crippen LogP contribution in [0, 0.1) is 17.8 Å². The first-order valence-electron chi connectivity index (χ1n) is 12.4. The van der Waals surface area contributed by atoms with E-state index in [0.29, 0.717) is 33.2 Å². The molecule has 1 aromatic heterocycles. The summed E-state index contributed by atoms with van der Waals surface area (Å²) in [6.45, 7) is 1.87. The number of fused-ring (bicyclic) bond motifs is 3. The van der Waals surface area contributed by atoms with Crippen LogP contribution in [-0.2, 0) is 25.7 Å². The molecule has 1 aliphatic heterocycles. The fourth-order valence-corrected chi connectivity index (χ4v) is 7.59. The van der Waals surface area contributed by atoms with Crippen LogP contribution in [0.5, 0.6) is 11.5 Å². The Morgan fingerprint density at radius 2 is 1.95 bits per heavy atom. The normalized spacial score (nSPS) is 26.7. The van der Waals surface area contributed by atoms with Gasteiger partial charge in [-0.15, -0.1) is 11.3 Å². The summed E-state index contributed by atoms with van der Waals surface area (Å²) in [5.74, 6) is -2.80. The molecule has 1 fully saturated rings. The lowest BCUT2D eigenvalue weighted by Gasteiger charge is -2.42. The molecule has 38 heavy (non-hydrogen) atoms. The van der Waals surface area contributed by atoms with Crippen molar-refractivity contribution >= 4 is 50.6 Å². The topological polar surface area (TPSA) is 101 Å². The molecule has 0 bridgehead atoms. The third kappa shape index (κ3) is 3.66. The molecule has 1 saturated heterocycles. The summed E-state index contributed by atoms with van der Waals surface area (Å²) in [4.78, 5) is 56.2. The van der Waals surface area contributed by atoms with Crippen molar-refractivity contribution in [2.45, 2.75) is 32.2 Å². The maximum absolute atomic E-state index is 13.8. The van der Waals surface area contributed by atoms with Gasteiger partial charge in [-0.05, 0) is 76.8 Å². The second kappa shape index (κ2) is 9.17. The highest BCUT2D eigenvalue weighted by molar-refractivity contribution is 9.10. The Kier molecular flexibility index (Phi) is 6.03. The SMILES string of the molecule is COc1cc(C2C3=CCC4C(=O)N(Cc5cccs5)C(=O)C4C3CC3=C2C(=O)C(C)=CC3=O)cc(Br)c1O. The van der Waals surface area contributed by atoms with Gasteiger partial charge in [0.2, 0.25) is 11.8 Å². The average molecular weight is 594 g/mol. The molecule has 2 heterocycles. The number of benzene rings is 1. The van der Waals surface area contributed by atoms with Gasteiger partial charge in [-0.3, -0.25) is 24.1 Å². The zero-order chi connectivity index (χ0) is 26.9. The first-order chi connectivity index (χ1) is 18.2. The number of ether oxygens (including phenoxy) is 1. The first kappa shape index (κ1) is 25.0.